The second-order valence-electron chi connectivity index (χ2n) is 8.77. The number of nitrogens with zero attached hydrogens (tertiary/aromatic N) is 2. The monoisotopic (exact) mass is 438 g/mol. The lowest BCUT2D eigenvalue weighted by Crippen LogP contribution is -2.41. The van der Waals surface area contributed by atoms with Crippen LogP contribution in [0.2, 0.25) is 0 Å². The molecule has 9 heteroatoms. The summed E-state index contributed by atoms with van der Waals surface area (Å²) >= 11 is 0. The van der Waals surface area contributed by atoms with Crippen LogP contribution in [0.25, 0.3) is 22.8 Å². The Balaban J connectivity index is 1.59. The maximum Gasteiger partial charge on any atom is 0.494 e. The molecule has 0 unspecified atom stereocenters. The van der Waals surface area contributed by atoms with Gasteiger partial charge in [-0.3, -0.25) is 0 Å². The molecule has 8 nitrogen and oxygen atoms in total. The number of rotatable bonds is 6. The van der Waals surface area contributed by atoms with Crippen molar-refractivity contribution in [2.24, 2.45) is 0 Å². The molecule has 1 aliphatic heterocycles. The lowest BCUT2D eigenvalue weighted by atomic mass is 9.79. The molecule has 168 valence electrons. The fourth-order valence-corrected chi connectivity index (χ4v) is 3.56. The molecule has 1 fully saturated rings. The fraction of sp³-hybridized carbons (Fsp3) is 0.391. The van der Waals surface area contributed by atoms with Gasteiger partial charge in [-0.05, 0) is 50.9 Å². The van der Waals surface area contributed by atoms with E-state index in [-0.39, 0.29) is 19.1 Å². The largest absolute Gasteiger partial charge is 0.496 e. The van der Waals surface area contributed by atoms with E-state index in [9.17, 15) is 10.2 Å². The molecule has 0 amide bonds. The summed E-state index contributed by atoms with van der Waals surface area (Å²) < 4.78 is 23.0. The molecule has 0 atom stereocenters. The van der Waals surface area contributed by atoms with Crippen molar-refractivity contribution in [2.75, 3.05) is 7.11 Å². The van der Waals surface area contributed by atoms with Gasteiger partial charge in [0.15, 0.2) is 0 Å². The third kappa shape index (κ3) is 3.93. The Morgan fingerprint density at radius 2 is 1.59 bits per heavy atom. The number of methoxy groups -OCH3 is 1. The molecule has 0 spiro atoms. The summed E-state index contributed by atoms with van der Waals surface area (Å²) in [5.41, 5.74) is 2.54. The maximum absolute atomic E-state index is 9.65. The minimum atomic E-state index is -0.440. The van der Waals surface area contributed by atoms with E-state index in [0.717, 1.165) is 11.0 Å². The quantitative estimate of drug-likeness (QED) is 0.566. The average Bonchev–Trinajstić information content (AvgIpc) is 3.35. The van der Waals surface area contributed by atoms with Crippen LogP contribution in [0.15, 0.2) is 40.9 Å². The van der Waals surface area contributed by atoms with Crippen molar-refractivity contribution >= 4 is 12.6 Å². The predicted molar refractivity (Wildman–Crippen MR) is 119 cm³/mol. The lowest BCUT2D eigenvalue weighted by molar-refractivity contribution is 0.00578. The molecule has 2 aromatic carbocycles. The number of benzene rings is 2. The summed E-state index contributed by atoms with van der Waals surface area (Å²) in [4.78, 5) is 4.49. The van der Waals surface area contributed by atoms with Gasteiger partial charge in [-0.15, -0.1) is 0 Å². The van der Waals surface area contributed by atoms with Crippen molar-refractivity contribution in [1.29, 1.82) is 0 Å². The van der Waals surface area contributed by atoms with E-state index in [1.807, 2.05) is 52.0 Å². The Bertz CT molecular complexity index is 1070. The zero-order valence-corrected chi connectivity index (χ0v) is 18.9. The molecular formula is C23H27BN2O6. The van der Waals surface area contributed by atoms with E-state index in [1.54, 1.807) is 12.1 Å². The molecule has 0 saturated carbocycles. The number of ether oxygens (including phenoxy) is 1. The first-order valence-electron chi connectivity index (χ1n) is 10.4. The average molecular weight is 438 g/mol. The highest BCUT2D eigenvalue weighted by Crippen LogP contribution is 2.36. The van der Waals surface area contributed by atoms with Gasteiger partial charge in [-0.2, -0.15) is 4.98 Å². The standard InChI is InChI=1S/C23H27BN2O6/c1-22(2)23(3,4)32-24(31-22)17-8-6-14(7-9-17)20-25-21(30-26-20)15-10-16(12-27)18(13-28)19(11-15)29-5/h6-11,27-28H,12-13H2,1-5H3. The smallest absolute Gasteiger partial charge is 0.494 e. The molecule has 0 aliphatic carbocycles. The molecule has 4 rings (SSSR count). The second-order valence-corrected chi connectivity index (χ2v) is 8.77. The number of hydrogen-bond acceptors (Lipinski definition) is 8. The highest BCUT2D eigenvalue weighted by Gasteiger charge is 2.51. The van der Waals surface area contributed by atoms with E-state index >= 15 is 0 Å². The minimum absolute atomic E-state index is 0.246. The Morgan fingerprint density at radius 3 is 2.16 bits per heavy atom. The fourth-order valence-electron chi connectivity index (χ4n) is 3.56. The Labute approximate surface area is 187 Å². The molecule has 32 heavy (non-hydrogen) atoms. The molecule has 1 aliphatic rings. The van der Waals surface area contributed by atoms with Gasteiger partial charge in [0.1, 0.15) is 5.75 Å². The van der Waals surface area contributed by atoms with Crippen LogP contribution in [0.4, 0.5) is 0 Å². The van der Waals surface area contributed by atoms with Crippen molar-refractivity contribution in [1.82, 2.24) is 10.1 Å². The van der Waals surface area contributed by atoms with Crippen molar-refractivity contribution in [3.63, 3.8) is 0 Å². The first-order chi connectivity index (χ1) is 15.2. The first-order valence-corrected chi connectivity index (χ1v) is 10.4. The van der Waals surface area contributed by atoms with Crippen molar-refractivity contribution < 1.29 is 28.8 Å². The van der Waals surface area contributed by atoms with Crippen molar-refractivity contribution in [3.8, 4) is 28.6 Å². The highest BCUT2D eigenvalue weighted by atomic mass is 16.7. The topological polar surface area (TPSA) is 107 Å². The summed E-state index contributed by atoms with van der Waals surface area (Å²) in [6, 6.07) is 11.0. The molecule has 0 radical (unpaired) electrons. The van der Waals surface area contributed by atoms with E-state index < -0.39 is 18.3 Å². The van der Waals surface area contributed by atoms with Crippen LogP contribution in [0, 0.1) is 0 Å². The van der Waals surface area contributed by atoms with Crippen LogP contribution in [0.5, 0.6) is 5.75 Å². The van der Waals surface area contributed by atoms with E-state index in [0.29, 0.717) is 28.3 Å². The Hall–Kier alpha value is -2.72. The van der Waals surface area contributed by atoms with Gasteiger partial charge in [0.05, 0.1) is 31.5 Å². The van der Waals surface area contributed by atoms with E-state index in [4.69, 9.17) is 18.6 Å². The molecule has 1 saturated heterocycles. The summed E-state index contributed by atoms with van der Waals surface area (Å²) in [7, 11) is 1.06. The van der Waals surface area contributed by atoms with Crippen molar-refractivity contribution in [3.05, 3.63) is 47.5 Å². The number of aliphatic hydroxyl groups is 2. The third-order valence-corrected chi connectivity index (χ3v) is 6.22. The number of aromatic nitrogens is 2. The van der Waals surface area contributed by atoms with Crippen LogP contribution in [-0.4, -0.2) is 45.8 Å². The summed E-state index contributed by atoms with van der Waals surface area (Å²) in [5.74, 6) is 1.16. The maximum atomic E-state index is 9.65. The summed E-state index contributed by atoms with van der Waals surface area (Å²) in [6.07, 6.45) is 0. The molecule has 2 N–H and O–H groups in total. The molecule has 0 bridgehead atoms. The zero-order valence-electron chi connectivity index (χ0n) is 18.9. The number of hydrogen-bond donors (Lipinski definition) is 2. The summed E-state index contributed by atoms with van der Waals surface area (Å²) in [6.45, 7) is 7.59. The highest BCUT2D eigenvalue weighted by molar-refractivity contribution is 6.62. The van der Waals surface area contributed by atoms with Gasteiger partial charge in [-0.1, -0.05) is 29.4 Å². The zero-order chi connectivity index (χ0) is 23.1. The van der Waals surface area contributed by atoms with Gasteiger partial charge in [-0.25, -0.2) is 0 Å². The minimum Gasteiger partial charge on any atom is -0.496 e. The lowest BCUT2D eigenvalue weighted by Gasteiger charge is -2.32. The molecule has 3 aromatic rings. The molecule has 2 heterocycles. The van der Waals surface area contributed by atoms with Gasteiger partial charge in [0, 0.05) is 16.7 Å². The van der Waals surface area contributed by atoms with Gasteiger partial charge in [0.25, 0.3) is 5.89 Å². The van der Waals surface area contributed by atoms with Gasteiger partial charge >= 0.3 is 7.12 Å². The van der Waals surface area contributed by atoms with Crippen LogP contribution in [0.3, 0.4) is 0 Å². The first kappa shape index (κ1) is 22.5. The van der Waals surface area contributed by atoms with E-state index in [2.05, 4.69) is 10.1 Å². The van der Waals surface area contributed by atoms with Crippen LogP contribution >= 0.6 is 0 Å². The molecule has 1 aromatic heterocycles. The van der Waals surface area contributed by atoms with Gasteiger partial charge < -0.3 is 28.8 Å². The summed E-state index contributed by atoms with van der Waals surface area (Å²) in [5, 5.41) is 23.3. The third-order valence-electron chi connectivity index (χ3n) is 6.22. The van der Waals surface area contributed by atoms with Crippen molar-refractivity contribution in [2.45, 2.75) is 52.1 Å². The van der Waals surface area contributed by atoms with Crippen LogP contribution < -0.4 is 10.2 Å². The van der Waals surface area contributed by atoms with Crippen LogP contribution in [0.1, 0.15) is 38.8 Å². The second kappa shape index (κ2) is 8.33. The molecular weight excluding hydrogens is 411 g/mol. The Morgan fingerprint density at radius 1 is 0.938 bits per heavy atom. The van der Waals surface area contributed by atoms with E-state index in [1.165, 1.54) is 7.11 Å². The Kier molecular flexibility index (Phi) is 5.85. The SMILES string of the molecule is COc1cc(-c2nc(-c3ccc(B4OC(C)(C)C(C)(C)O4)cc3)no2)cc(CO)c1CO. The van der Waals surface area contributed by atoms with Crippen LogP contribution in [-0.2, 0) is 22.5 Å². The normalized spacial score (nSPS) is 17.0. The predicted octanol–water partition coefficient (Wildman–Crippen LogP) is 2.70. The number of aliphatic hydroxyl groups excluding tert-OH is 2. The van der Waals surface area contributed by atoms with Gasteiger partial charge in [0.2, 0.25) is 5.82 Å².